The minimum atomic E-state index is -0.171. The largest absolute Gasteiger partial charge is 0.382 e. The molecule has 0 heterocycles. The molecule has 0 unspecified atom stereocenters. The number of aryl methyl sites for hydroxylation is 1. The molecular formula is C17H17BrFN. The van der Waals surface area contributed by atoms with Crippen LogP contribution in [0.3, 0.4) is 0 Å². The molecule has 0 aromatic heterocycles. The standard InChI is InChI=1S/C17H17BrFN/c1-11-5-15(19)10-16(6-11)20-17-8-13(9-17)12-3-2-4-14(18)7-12/h2-7,10,13,17,20H,8-9H2,1H3. The zero-order valence-corrected chi connectivity index (χ0v) is 13.0. The first-order valence-electron chi connectivity index (χ1n) is 6.89. The number of benzene rings is 2. The van der Waals surface area contributed by atoms with Crippen molar-refractivity contribution in [3.05, 3.63) is 63.9 Å². The van der Waals surface area contributed by atoms with Crippen LogP contribution in [-0.4, -0.2) is 6.04 Å². The summed E-state index contributed by atoms with van der Waals surface area (Å²) in [7, 11) is 0. The summed E-state index contributed by atoms with van der Waals surface area (Å²) in [6.07, 6.45) is 2.21. The van der Waals surface area contributed by atoms with E-state index >= 15 is 0 Å². The van der Waals surface area contributed by atoms with Gasteiger partial charge in [0, 0.05) is 16.2 Å². The lowest BCUT2D eigenvalue weighted by molar-refractivity contribution is 0.374. The third-order valence-corrected chi connectivity index (χ3v) is 4.36. The molecule has 0 aliphatic heterocycles. The number of nitrogens with one attached hydrogen (secondary N) is 1. The van der Waals surface area contributed by atoms with Crippen LogP contribution < -0.4 is 5.32 Å². The van der Waals surface area contributed by atoms with Crippen LogP contribution in [0.15, 0.2) is 46.9 Å². The van der Waals surface area contributed by atoms with Gasteiger partial charge in [0.2, 0.25) is 0 Å². The second-order valence-electron chi connectivity index (χ2n) is 5.58. The fourth-order valence-electron chi connectivity index (χ4n) is 2.82. The van der Waals surface area contributed by atoms with Gasteiger partial charge in [0.25, 0.3) is 0 Å². The van der Waals surface area contributed by atoms with Crippen LogP contribution in [0.2, 0.25) is 0 Å². The molecule has 0 saturated heterocycles. The lowest BCUT2D eigenvalue weighted by atomic mass is 9.76. The Labute approximate surface area is 127 Å². The van der Waals surface area contributed by atoms with E-state index in [-0.39, 0.29) is 5.82 Å². The normalized spacial score (nSPS) is 21.4. The Kier molecular flexibility index (Phi) is 3.79. The minimum absolute atomic E-state index is 0.171. The third-order valence-electron chi connectivity index (χ3n) is 3.87. The van der Waals surface area contributed by atoms with Crippen molar-refractivity contribution in [3.8, 4) is 0 Å². The van der Waals surface area contributed by atoms with Gasteiger partial charge in [0.1, 0.15) is 5.82 Å². The molecule has 0 atom stereocenters. The molecule has 20 heavy (non-hydrogen) atoms. The molecule has 0 amide bonds. The molecule has 1 fully saturated rings. The highest BCUT2D eigenvalue weighted by Gasteiger charge is 2.30. The van der Waals surface area contributed by atoms with Gasteiger partial charge in [0.05, 0.1) is 0 Å². The molecule has 104 valence electrons. The number of hydrogen-bond acceptors (Lipinski definition) is 1. The first kappa shape index (κ1) is 13.6. The predicted molar refractivity (Wildman–Crippen MR) is 84.7 cm³/mol. The van der Waals surface area contributed by atoms with E-state index in [1.807, 2.05) is 19.1 Å². The van der Waals surface area contributed by atoms with Gasteiger partial charge >= 0.3 is 0 Å². The summed E-state index contributed by atoms with van der Waals surface area (Å²) in [6, 6.07) is 14.1. The van der Waals surface area contributed by atoms with Gasteiger partial charge in [-0.2, -0.15) is 0 Å². The van der Waals surface area contributed by atoms with Crippen molar-refractivity contribution >= 4 is 21.6 Å². The minimum Gasteiger partial charge on any atom is -0.382 e. The van der Waals surface area contributed by atoms with Gasteiger partial charge in [-0.1, -0.05) is 28.1 Å². The lowest BCUT2D eigenvalue weighted by Gasteiger charge is -2.37. The Bertz CT molecular complexity index is 600. The molecule has 0 radical (unpaired) electrons. The second kappa shape index (κ2) is 5.57. The van der Waals surface area contributed by atoms with Gasteiger partial charge in [-0.25, -0.2) is 4.39 Å². The molecule has 1 aliphatic carbocycles. The van der Waals surface area contributed by atoms with E-state index in [1.54, 1.807) is 12.1 Å². The van der Waals surface area contributed by atoms with E-state index in [0.29, 0.717) is 12.0 Å². The fourth-order valence-corrected chi connectivity index (χ4v) is 3.24. The summed E-state index contributed by atoms with van der Waals surface area (Å²) >= 11 is 3.51. The summed E-state index contributed by atoms with van der Waals surface area (Å²) in [5.41, 5.74) is 3.23. The van der Waals surface area contributed by atoms with Crippen molar-refractivity contribution in [1.82, 2.24) is 0 Å². The number of halogens is 2. The molecule has 3 heteroatoms. The predicted octanol–water partition coefficient (Wildman–Crippen LogP) is 5.25. The first-order chi connectivity index (χ1) is 9.60. The van der Waals surface area contributed by atoms with Crippen LogP contribution >= 0.6 is 15.9 Å². The second-order valence-corrected chi connectivity index (χ2v) is 6.50. The molecule has 1 aliphatic rings. The van der Waals surface area contributed by atoms with Gasteiger partial charge < -0.3 is 5.32 Å². The van der Waals surface area contributed by atoms with Gasteiger partial charge in [-0.15, -0.1) is 0 Å². The highest BCUT2D eigenvalue weighted by atomic mass is 79.9. The van der Waals surface area contributed by atoms with E-state index < -0.39 is 0 Å². The van der Waals surface area contributed by atoms with E-state index in [9.17, 15) is 4.39 Å². The molecule has 2 aromatic carbocycles. The maximum Gasteiger partial charge on any atom is 0.125 e. The molecular weight excluding hydrogens is 317 g/mol. The topological polar surface area (TPSA) is 12.0 Å². The summed E-state index contributed by atoms with van der Waals surface area (Å²) in [5, 5.41) is 3.42. The lowest BCUT2D eigenvalue weighted by Crippen LogP contribution is -2.34. The number of anilines is 1. The monoisotopic (exact) mass is 333 g/mol. The Balaban J connectivity index is 1.61. The van der Waals surface area contributed by atoms with Crippen LogP contribution in [-0.2, 0) is 0 Å². The van der Waals surface area contributed by atoms with Gasteiger partial charge in [-0.05, 0) is 67.1 Å². The Hall–Kier alpha value is -1.35. The van der Waals surface area contributed by atoms with Crippen LogP contribution in [0.4, 0.5) is 10.1 Å². The molecule has 1 N–H and O–H groups in total. The average molecular weight is 334 g/mol. The SMILES string of the molecule is Cc1cc(F)cc(NC2CC(c3cccc(Br)c3)C2)c1. The molecule has 2 aromatic rings. The smallest absolute Gasteiger partial charge is 0.125 e. The van der Waals surface area contributed by atoms with E-state index in [2.05, 4.69) is 39.4 Å². The zero-order valence-electron chi connectivity index (χ0n) is 11.4. The van der Waals surface area contributed by atoms with Crippen molar-refractivity contribution in [2.24, 2.45) is 0 Å². The maximum absolute atomic E-state index is 13.3. The fraction of sp³-hybridized carbons (Fsp3) is 0.294. The Morgan fingerprint density at radius 2 is 1.95 bits per heavy atom. The Morgan fingerprint density at radius 1 is 1.15 bits per heavy atom. The summed E-state index contributed by atoms with van der Waals surface area (Å²) < 4.78 is 14.5. The van der Waals surface area contributed by atoms with Crippen molar-refractivity contribution in [1.29, 1.82) is 0 Å². The number of rotatable bonds is 3. The van der Waals surface area contributed by atoms with Crippen LogP contribution in [0.5, 0.6) is 0 Å². The Morgan fingerprint density at radius 3 is 2.65 bits per heavy atom. The number of hydrogen-bond donors (Lipinski definition) is 1. The van der Waals surface area contributed by atoms with Crippen LogP contribution in [0.1, 0.15) is 29.9 Å². The molecule has 3 rings (SSSR count). The summed E-state index contributed by atoms with van der Waals surface area (Å²) in [4.78, 5) is 0. The average Bonchev–Trinajstić information content (AvgIpc) is 2.32. The van der Waals surface area contributed by atoms with E-state index in [4.69, 9.17) is 0 Å². The van der Waals surface area contributed by atoms with Gasteiger partial charge in [0.15, 0.2) is 0 Å². The quantitative estimate of drug-likeness (QED) is 0.808. The summed E-state index contributed by atoms with van der Waals surface area (Å²) in [6.45, 7) is 1.92. The molecule has 0 spiro atoms. The highest BCUT2D eigenvalue weighted by Crippen LogP contribution is 2.39. The van der Waals surface area contributed by atoms with Crippen molar-refractivity contribution in [2.75, 3.05) is 5.32 Å². The maximum atomic E-state index is 13.3. The highest BCUT2D eigenvalue weighted by molar-refractivity contribution is 9.10. The van der Waals surface area contributed by atoms with E-state index in [0.717, 1.165) is 28.6 Å². The van der Waals surface area contributed by atoms with Gasteiger partial charge in [-0.3, -0.25) is 0 Å². The van der Waals surface area contributed by atoms with E-state index in [1.165, 1.54) is 5.56 Å². The molecule has 1 nitrogen and oxygen atoms in total. The van der Waals surface area contributed by atoms with Crippen molar-refractivity contribution in [2.45, 2.75) is 31.7 Å². The van der Waals surface area contributed by atoms with Crippen molar-refractivity contribution in [3.63, 3.8) is 0 Å². The van der Waals surface area contributed by atoms with Crippen LogP contribution in [0.25, 0.3) is 0 Å². The molecule has 1 saturated carbocycles. The van der Waals surface area contributed by atoms with Crippen molar-refractivity contribution < 1.29 is 4.39 Å². The third kappa shape index (κ3) is 3.04. The summed E-state index contributed by atoms with van der Waals surface area (Å²) in [5.74, 6) is 0.440. The van der Waals surface area contributed by atoms with Crippen LogP contribution in [0, 0.1) is 12.7 Å². The first-order valence-corrected chi connectivity index (χ1v) is 7.68. The zero-order chi connectivity index (χ0) is 14.1. The molecule has 0 bridgehead atoms.